The van der Waals surface area contributed by atoms with Crippen molar-refractivity contribution in [1.82, 2.24) is 5.32 Å². The molecule has 0 fully saturated rings. The van der Waals surface area contributed by atoms with Crippen LogP contribution >= 0.6 is 15.9 Å². The molecule has 0 unspecified atom stereocenters. The molecular weight excluding hydrogens is 389 g/mol. The number of anilines is 1. The molecule has 1 aliphatic rings. The van der Waals surface area contributed by atoms with Crippen molar-refractivity contribution in [2.45, 2.75) is 19.4 Å². The fourth-order valence-corrected chi connectivity index (χ4v) is 2.76. The zero-order chi connectivity index (χ0) is 17.8. The summed E-state index contributed by atoms with van der Waals surface area (Å²) in [6.45, 7) is 0.0518. The van der Waals surface area contributed by atoms with E-state index >= 15 is 0 Å². The number of nitrogens with one attached hydrogen (secondary N) is 1. The molecule has 25 heavy (non-hydrogen) atoms. The van der Waals surface area contributed by atoms with Gasteiger partial charge in [0.1, 0.15) is 11.5 Å². The topological polar surface area (TPSA) is 61.8 Å². The molecule has 2 amide bonds. The third kappa shape index (κ3) is 4.11. The number of halogens is 2. The quantitative estimate of drug-likeness (QED) is 0.850. The predicted octanol–water partition coefficient (Wildman–Crippen LogP) is 3.39. The molecule has 0 radical (unpaired) electrons. The van der Waals surface area contributed by atoms with Gasteiger partial charge in [0.25, 0.3) is 5.91 Å². The second-order valence-electron chi connectivity index (χ2n) is 5.51. The van der Waals surface area contributed by atoms with E-state index in [1.165, 1.54) is 11.1 Å². The summed E-state index contributed by atoms with van der Waals surface area (Å²) in [5.41, 5.74) is 1.24. The van der Waals surface area contributed by atoms with Crippen LogP contribution in [0.5, 0.6) is 0 Å². The molecule has 2 aromatic carbocycles. The van der Waals surface area contributed by atoms with Crippen LogP contribution in [0, 0.1) is 5.82 Å². The molecule has 0 spiro atoms. The molecule has 0 atom stereocenters. The molecule has 0 aliphatic carbocycles. The lowest BCUT2D eigenvalue weighted by Crippen LogP contribution is -2.39. The van der Waals surface area contributed by atoms with Crippen LogP contribution in [0.25, 0.3) is 0 Å². The van der Waals surface area contributed by atoms with Gasteiger partial charge in [-0.25, -0.2) is 9.40 Å². The monoisotopic (exact) mass is 403 g/mol. The van der Waals surface area contributed by atoms with Gasteiger partial charge in [-0.3, -0.25) is 9.59 Å². The minimum atomic E-state index is -0.407. The summed E-state index contributed by atoms with van der Waals surface area (Å²) >= 11 is 3.19. The summed E-state index contributed by atoms with van der Waals surface area (Å²) < 4.78 is 14.4. The molecular formula is C18H15BrFN3O2. The minimum absolute atomic E-state index is 0.0518. The van der Waals surface area contributed by atoms with Gasteiger partial charge in [0.05, 0.1) is 5.69 Å². The van der Waals surface area contributed by atoms with Gasteiger partial charge in [0.15, 0.2) is 0 Å². The first-order valence-corrected chi connectivity index (χ1v) is 8.51. The average Bonchev–Trinajstić information content (AvgIpc) is 2.62. The zero-order valence-electron chi connectivity index (χ0n) is 13.2. The van der Waals surface area contributed by atoms with Crippen molar-refractivity contribution >= 4 is 39.1 Å². The first kappa shape index (κ1) is 17.3. The van der Waals surface area contributed by atoms with Crippen molar-refractivity contribution in [1.29, 1.82) is 0 Å². The fraction of sp³-hybridized carbons (Fsp3) is 0.167. The summed E-state index contributed by atoms with van der Waals surface area (Å²) in [5.74, 6) is -0.973. The molecule has 128 valence electrons. The van der Waals surface area contributed by atoms with Gasteiger partial charge in [-0.05, 0) is 24.3 Å². The van der Waals surface area contributed by atoms with Gasteiger partial charge in [-0.1, -0.05) is 40.2 Å². The van der Waals surface area contributed by atoms with Gasteiger partial charge in [-0.15, -0.1) is 0 Å². The van der Waals surface area contributed by atoms with Crippen LogP contribution < -0.4 is 10.3 Å². The molecule has 1 aliphatic heterocycles. The number of carbonyl (C=O) groups is 2. The molecule has 0 saturated carbocycles. The van der Waals surface area contributed by atoms with Crippen LogP contribution in [0.1, 0.15) is 18.4 Å². The number of hydrazone groups is 1. The van der Waals surface area contributed by atoms with Crippen LogP contribution in [0.15, 0.2) is 58.1 Å². The van der Waals surface area contributed by atoms with Crippen LogP contribution in [0.2, 0.25) is 0 Å². The molecule has 1 heterocycles. The Bertz CT molecular complexity index is 839. The first-order valence-electron chi connectivity index (χ1n) is 7.72. The number of benzene rings is 2. The Labute approximate surface area is 152 Å². The Balaban J connectivity index is 1.72. The summed E-state index contributed by atoms with van der Waals surface area (Å²) in [4.78, 5) is 24.4. The maximum absolute atomic E-state index is 13.8. The molecule has 0 saturated heterocycles. The average molecular weight is 404 g/mol. The normalized spacial score (nSPS) is 14.2. The van der Waals surface area contributed by atoms with Crippen molar-refractivity contribution in [3.05, 3.63) is 64.4 Å². The Morgan fingerprint density at radius 1 is 1.20 bits per heavy atom. The Morgan fingerprint density at radius 3 is 2.68 bits per heavy atom. The van der Waals surface area contributed by atoms with Crippen molar-refractivity contribution in [2.75, 3.05) is 5.01 Å². The summed E-state index contributed by atoms with van der Waals surface area (Å²) in [6, 6.07) is 13.6. The molecule has 1 N–H and O–H groups in total. The van der Waals surface area contributed by atoms with E-state index < -0.39 is 11.7 Å². The molecule has 3 rings (SSSR count). The van der Waals surface area contributed by atoms with Gasteiger partial charge >= 0.3 is 0 Å². The number of nitrogens with zero attached hydrogens (tertiary/aromatic N) is 2. The van der Waals surface area contributed by atoms with E-state index in [9.17, 15) is 14.0 Å². The largest absolute Gasteiger partial charge is 0.347 e. The van der Waals surface area contributed by atoms with Crippen molar-refractivity contribution < 1.29 is 14.0 Å². The third-order valence-electron chi connectivity index (χ3n) is 3.75. The van der Waals surface area contributed by atoms with Crippen LogP contribution in [-0.4, -0.2) is 17.5 Å². The van der Waals surface area contributed by atoms with Gasteiger partial charge < -0.3 is 5.32 Å². The van der Waals surface area contributed by atoms with Crippen LogP contribution in [0.3, 0.4) is 0 Å². The highest BCUT2D eigenvalue weighted by Crippen LogP contribution is 2.20. The van der Waals surface area contributed by atoms with Gasteiger partial charge in [-0.2, -0.15) is 5.10 Å². The third-order valence-corrected chi connectivity index (χ3v) is 4.24. The van der Waals surface area contributed by atoms with E-state index in [4.69, 9.17) is 0 Å². The highest BCUT2D eigenvalue weighted by molar-refractivity contribution is 9.10. The number of carbonyl (C=O) groups excluding carboxylic acids is 2. The van der Waals surface area contributed by atoms with Gasteiger partial charge in [0.2, 0.25) is 5.91 Å². The molecule has 7 heteroatoms. The summed E-state index contributed by atoms with van der Waals surface area (Å²) in [5, 5.41) is 8.06. The number of rotatable bonds is 4. The Hall–Kier alpha value is -2.54. The van der Waals surface area contributed by atoms with E-state index in [0.29, 0.717) is 15.7 Å². The zero-order valence-corrected chi connectivity index (χ0v) is 14.8. The lowest BCUT2D eigenvalue weighted by molar-refractivity contribution is -0.119. The number of hydrogen-bond donors (Lipinski definition) is 1. The first-order chi connectivity index (χ1) is 12.0. The summed E-state index contributed by atoms with van der Waals surface area (Å²) in [7, 11) is 0. The number of hydrogen-bond acceptors (Lipinski definition) is 3. The second-order valence-corrected chi connectivity index (χ2v) is 6.42. The highest BCUT2D eigenvalue weighted by Gasteiger charge is 2.25. The van der Waals surface area contributed by atoms with Gasteiger partial charge in [0, 0.05) is 29.4 Å². The van der Waals surface area contributed by atoms with Crippen LogP contribution in [0.4, 0.5) is 10.1 Å². The second kappa shape index (κ2) is 7.57. The van der Waals surface area contributed by atoms with Crippen molar-refractivity contribution in [3.63, 3.8) is 0 Å². The number of amides is 2. The Morgan fingerprint density at radius 2 is 1.96 bits per heavy atom. The van der Waals surface area contributed by atoms with E-state index in [2.05, 4.69) is 26.3 Å². The van der Waals surface area contributed by atoms with E-state index in [0.717, 1.165) is 0 Å². The Kier molecular flexibility index (Phi) is 5.23. The SMILES string of the molecule is O=C(NCc1ccc(Br)cc1F)C1=NN(c2ccccc2)C(=O)CC1. The van der Waals surface area contributed by atoms with Crippen molar-refractivity contribution in [3.8, 4) is 0 Å². The minimum Gasteiger partial charge on any atom is -0.347 e. The molecule has 5 nitrogen and oxygen atoms in total. The summed E-state index contributed by atoms with van der Waals surface area (Å²) in [6.07, 6.45) is 0.463. The highest BCUT2D eigenvalue weighted by atomic mass is 79.9. The van der Waals surface area contributed by atoms with E-state index in [1.807, 2.05) is 6.07 Å². The lowest BCUT2D eigenvalue weighted by Gasteiger charge is -2.23. The standard InChI is InChI=1S/C18H15BrFN3O2/c19-13-7-6-12(15(20)10-13)11-21-18(25)16-8-9-17(24)23(22-16)14-4-2-1-3-5-14/h1-7,10H,8-9,11H2,(H,21,25). The molecule has 2 aromatic rings. The number of para-hydroxylation sites is 1. The van der Waals surface area contributed by atoms with Crippen LogP contribution in [-0.2, 0) is 16.1 Å². The van der Waals surface area contributed by atoms with Crippen molar-refractivity contribution in [2.24, 2.45) is 5.10 Å². The lowest BCUT2D eigenvalue weighted by atomic mass is 10.1. The van der Waals surface area contributed by atoms with E-state index in [-0.39, 0.29) is 31.0 Å². The molecule has 0 bridgehead atoms. The maximum Gasteiger partial charge on any atom is 0.267 e. The van der Waals surface area contributed by atoms with E-state index in [1.54, 1.807) is 36.4 Å². The fourth-order valence-electron chi connectivity index (χ4n) is 2.43. The molecule has 0 aromatic heterocycles. The maximum atomic E-state index is 13.8. The predicted molar refractivity (Wildman–Crippen MR) is 96.5 cm³/mol. The smallest absolute Gasteiger partial charge is 0.267 e.